The molecule has 128 valence electrons. The van der Waals surface area contributed by atoms with Crippen molar-refractivity contribution < 1.29 is 22.7 Å². The molecular formula is C15H19F3N2O2S. The van der Waals surface area contributed by atoms with Crippen LogP contribution in [-0.2, 0) is 11.3 Å². The van der Waals surface area contributed by atoms with Gasteiger partial charge >= 0.3 is 5.51 Å². The standard InChI is InChI=1S/C15H19F3N2O2S/c1-11(21)20-7-5-19(6-8-20)10-12-3-4-13(22-2)14(9-12)23-15(16,17)18/h3-4,9H,5-8,10H2,1-2H3. The van der Waals surface area contributed by atoms with E-state index in [-0.39, 0.29) is 28.3 Å². The van der Waals surface area contributed by atoms with Gasteiger partial charge in [0.1, 0.15) is 5.75 Å². The summed E-state index contributed by atoms with van der Waals surface area (Å²) in [4.78, 5) is 15.3. The molecular weight excluding hydrogens is 329 g/mol. The predicted molar refractivity (Wildman–Crippen MR) is 82.4 cm³/mol. The lowest BCUT2D eigenvalue weighted by atomic mass is 10.2. The monoisotopic (exact) mass is 348 g/mol. The number of methoxy groups -OCH3 is 1. The second-order valence-corrected chi connectivity index (χ2v) is 6.42. The molecule has 0 aromatic heterocycles. The summed E-state index contributed by atoms with van der Waals surface area (Å²) in [6.07, 6.45) is 0. The molecule has 1 aromatic rings. The first-order valence-electron chi connectivity index (χ1n) is 7.19. The van der Waals surface area contributed by atoms with Crippen molar-refractivity contribution in [2.24, 2.45) is 0 Å². The van der Waals surface area contributed by atoms with Gasteiger partial charge in [-0.2, -0.15) is 13.2 Å². The number of ether oxygens (including phenoxy) is 1. The van der Waals surface area contributed by atoms with E-state index in [2.05, 4.69) is 4.90 Å². The van der Waals surface area contributed by atoms with E-state index in [0.717, 1.165) is 5.56 Å². The van der Waals surface area contributed by atoms with Gasteiger partial charge in [-0.15, -0.1) is 0 Å². The number of carbonyl (C=O) groups is 1. The first kappa shape index (κ1) is 17.9. The fraction of sp³-hybridized carbons (Fsp3) is 0.533. The molecule has 1 aliphatic rings. The molecule has 0 unspecified atom stereocenters. The Morgan fingerprint density at radius 3 is 2.43 bits per heavy atom. The minimum absolute atomic E-state index is 0.0537. The van der Waals surface area contributed by atoms with E-state index < -0.39 is 5.51 Å². The highest BCUT2D eigenvalue weighted by atomic mass is 32.2. The zero-order chi connectivity index (χ0) is 17.0. The van der Waals surface area contributed by atoms with Gasteiger partial charge in [-0.05, 0) is 29.5 Å². The molecule has 1 fully saturated rings. The SMILES string of the molecule is COc1ccc(CN2CCN(C(C)=O)CC2)cc1SC(F)(F)F. The Kier molecular flexibility index (Phi) is 5.80. The highest BCUT2D eigenvalue weighted by Gasteiger charge is 2.31. The maximum absolute atomic E-state index is 12.6. The van der Waals surface area contributed by atoms with E-state index in [9.17, 15) is 18.0 Å². The smallest absolute Gasteiger partial charge is 0.446 e. The summed E-state index contributed by atoms with van der Waals surface area (Å²) < 4.78 is 42.9. The van der Waals surface area contributed by atoms with Crippen LogP contribution in [0, 0.1) is 0 Å². The van der Waals surface area contributed by atoms with E-state index in [1.165, 1.54) is 13.2 Å². The molecule has 4 nitrogen and oxygen atoms in total. The van der Waals surface area contributed by atoms with Gasteiger partial charge in [-0.1, -0.05) is 6.07 Å². The Morgan fingerprint density at radius 1 is 1.26 bits per heavy atom. The van der Waals surface area contributed by atoms with Crippen molar-refractivity contribution in [1.29, 1.82) is 0 Å². The van der Waals surface area contributed by atoms with E-state index in [1.54, 1.807) is 24.0 Å². The maximum Gasteiger partial charge on any atom is 0.446 e. The lowest BCUT2D eigenvalue weighted by Crippen LogP contribution is -2.47. The number of nitrogens with zero attached hydrogens (tertiary/aromatic N) is 2. The number of carbonyl (C=O) groups excluding carboxylic acids is 1. The largest absolute Gasteiger partial charge is 0.496 e. The molecule has 0 bridgehead atoms. The van der Waals surface area contributed by atoms with Gasteiger partial charge in [-0.25, -0.2) is 0 Å². The van der Waals surface area contributed by atoms with Crippen LogP contribution in [0.5, 0.6) is 5.75 Å². The number of piperazine rings is 1. The molecule has 8 heteroatoms. The summed E-state index contributed by atoms with van der Waals surface area (Å²) in [7, 11) is 1.36. The van der Waals surface area contributed by atoms with E-state index in [1.807, 2.05) is 0 Å². The molecule has 1 aliphatic heterocycles. The molecule has 23 heavy (non-hydrogen) atoms. The second kappa shape index (κ2) is 7.44. The van der Waals surface area contributed by atoms with Gasteiger partial charge in [0.15, 0.2) is 0 Å². The van der Waals surface area contributed by atoms with Crippen molar-refractivity contribution in [3.63, 3.8) is 0 Å². The van der Waals surface area contributed by atoms with E-state index in [0.29, 0.717) is 32.7 Å². The van der Waals surface area contributed by atoms with Gasteiger partial charge < -0.3 is 9.64 Å². The molecule has 1 heterocycles. The lowest BCUT2D eigenvalue weighted by Gasteiger charge is -2.34. The third-order valence-electron chi connectivity index (χ3n) is 3.68. The Hall–Kier alpha value is -1.41. The molecule has 1 amide bonds. The van der Waals surface area contributed by atoms with Gasteiger partial charge in [0, 0.05) is 39.6 Å². The Labute approximate surface area is 137 Å². The number of thioether (sulfide) groups is 1. The van der Waals surface area contributed by atoms with Crippen molar-refractivity contribution in [3.8, 4) is 5.75 Å². The predicted octanol–water partition coefficient (Wildman–Crippen LogP) is 2.97. The van der Waals surface area contributed by atoms with Crippen molar-refractivity contribution in [1.82, 2.24) is 9.80 Å². The van der Waals surface area contributed by atoms with Crippen LogP contribution in [0.3, 0.4) is 0 Å². The number of rotatable bonds is 4. The molecule has 1 saturated heterocycles. The Balaban J connectivity index is 2.03. The van der Waals surface area contributed by atoms with Gasteiger partial charge in [0.2, 0.25) is 5.91 Å². The lowest BCUT2D eigenvalue weighted by molar-refractivity contribution is -0.130. The van der Waals surface area contributed by atoms with Crippen LogP contribution in [0.15, 0.2) is 23.1 Å². The normalized spacial score (nSPS) is 16.5. The number of amides is 1. The van der Waals surface area contributed by atoms with Crippen LogP contribution in [0.4, 0.5) is 13.2 Å². The summed E-state index contributed by atoms with van der Waals surface area (Å²) in [6, 6.07) is 4.86. The topological polar surface area (TPSA) is 32.8 Å². The van der Waals surface area contributed by atoms with Crippen LogP contribution in [0.25, 0.3) is 0 Å². The first-order valence-corrected chi connectivity index (χ1v) is 8.00. The van der Waals surface area contributed by atoms with Crippen LogP contribution in [0.2, 0.25) is 0 Å². The molecule has 0 atom stereocenters. The highest BCUT2D eigenvalue weighted by molar-refractivity contribution is 8.00. The summed E-state index contributed by atoms with van der Waals surface area (Å²) in [5.74, 6) is 0.274. The van der Waals surface area contributed by atoms with Crippen LogP contribution < -0.4 is 4.74 Å². The summed E-state index contributed by atoms with van der Waals surface area (Å²) in [5, 5.41) is 0. The number of hydrogen-bond acceptors (Lipinski definition) is 4. The molecule has 0 radical (unpaired) electrons. The fourth-order valence-corrected chi connectivity index (χ4v) is 3.21. The summed E-state index contributed by atoms with van der Waals surface area (Å²) in [6.45, 7) is 4.83. The number of alkyl halides is 3. The summed E-state index contributed by atoms with van der Waals surface area (Å²) in [5.41, 5.74) is -3.55. The fourth-order valence-electron chi connectivity index (χ4n) is 2.50. The van der Waals surface area contributed by atoms with Gasteiger partial charge in [0.25, 0.3) is 0 Å². The van der Waals surface area contributed by atoms with Crippen LogP contribution >= 0.6 is 11.8 Å². The number of benzene rings is 1. The van der Waals surface area contributed by atoms with Crippen LogP contribution in [-0.4, -0.2) is 54.5 Å². The highest BCUT2D eigenvalue weighted by Crippen LogP contribution is 2.41. The minimum Gasteiger partial charge on any atom is -0.496 e. The van der Waals surface area contributed by atoms with Gasteiger partial charge in [-0.3, -0.25) is 9.69 Å². The van der Waals surface area contributed by atoms with E-state index >= 15 is 0 Å². The third-order valence-corrected chi connectivity index (χ3v) is 4.45. The molecule has 2 rings (SSSR count). The average Bonchev–Trinajstić information content (AvgIpc) is 2.46. The number of halogens is 3. The van der Waals surface area contributed by atoms with Crippen LogP contribution in [0.1, 0.15) is 12.5 Å². The van der Waals surface area contributed by atoms with Crippen molar-refractivity contribution in [2.75, 3.05) is 33.3 Å². The minimum atomic E-state index is -4.35. The van der Waals surface area contributed by atoms with E-state index in [4.69, 9.17) is 4.74 Å². The second-order valence-electron chi connectivity index (χ2n) is 5.32. The van der Waals surface area contributed by atoms with Crippen molar-refractivity contribution in [2.45, 2.75) is 23.9 Å². The molecule has 1 aromatic carbocycles. The van der Waals surface area contributed by atoms with Gasteiger partial charge in [0.05, 0.1) is 12.0 Å². The molecule has 0 spiro atoms. The van der Waals surface area contributed by atoms with Crippen molar-refractivity contribution in [3.05, 3.63) is 23.8 Å². The maximum atomic E-state index is 12.6. The first-order chi connectivity index (χ1) is 10.8. The Morgan fingerprint density at radius 2 is 1.91 bits per heavy atom. The quantitative estimate of drug-likeness (QED) is 0.783. The third kappa shape index (κ3) is 5.31. The number of hydrogen-bond donors (Lipinski definition) is 0. The Bertz CT molecular complexity index is 558. The van der Waals surface area contributed by atoms with Crippen molar-refractivity contribution >= 4 is 17.7 Å². The molecule has 0 saturated carbocycles. The average molecular weight is 348 g/mol. The molecule has 0 N–H and O–H groups in total. The zero-order valence-electron chi connectivity index (χ0n) is 13.0. The molecule has 0 aliphatic carbocycles. The summed E-state index contributed by atoms with van der Waals surface area (Å²) >= 11 is -0.164. The zero-order valence-corrected chi connectivity index (χ0v) is 13.8.